The number of thioether (sulfide) groups is 2. The Balaban J connectivity index is 0.767. The molecule has 62 heavy (non-hydrogen) atoms. The number of rotatable bonds is 12. The number of carbonyl (C=O) groups excluding carboxylic acids is 6. The van der Waals surface area contributed by atoms with E-state index < -0.39 is 52.6 Å². The van der Waals surface area contributed by atoms with E-state index in [2.05, 4.69) is 13.8 Å². The van der Waals surface area contributed by atoms with E-state index in [9.17, 15) is 28.8 Å². The van der Waals surface area contributed by atoms with Crippen LogP contribution in [0.1, 0.15) is 148 Å². The second-order valence-corrected chi connectivity index (χ2v) is 23.3. The van der Waals surface area contributed by atoms with Gasteiger partial charge in [0.1, 0.15) is 6.04 Å². The van der Waals surface area contributed by atoms with Crippen molar-refractivity contribution in [3.8, 4) is 0 Å². The van der Waals surface area contributed by atoms with Gasteiger partial charge in [-0.3, -0.25) is 24.0 Å². The zero-order chi connectivity index (χ0) is 44.2. The Morgan fingerprint density at radius 2 is 1.08 bits per heavy atom. The highest BCUT2D eigenvalue weighted by Gasteiger charge is 2.51. The average molecular weight is 966 g/mol. The molecule has 0 saturated heterocycles. The predicted molar refractivity (Wildman–Crippen MR) is 243 cm³/mol. The molecule has 0 bridgehead atoms. The molecule has 4 fully saturated rings. The lowest BCUT2D eigenvalue weighted by Gasteiger charge is -2.29. The van der Waals surface area contributed by atoms with Gasteiger partial charge in [-0.05, 0) is 119 Å². The third kappa shape index (κ3) is 8.92. The first kappa shape index (κ1) is 46.4. The van der Waals surface area contributed by atoms with Crippen LogP contribution in [0.25, 0.3) is 0 Å². The molecule has 0 unspecified atom stereocenters. The van der Waals surface area contributed by atoms with E-state index in [0.717, 1.165) is 72.3 Å². The minimum absolute atomic E-state index is 0.0161. The molecule has 15 heteroatoms. The minimum Gasteiger partial charge on any atom is -0.393 e. The molecule has 4 saturated carbocycles. The van der Waals surface area contributed by atoms with Gasteiger partial charge in [0.15, 0.2) is 11.6 Å². The van der Waals surface area contributed by atoms with Gasteiger partial charge < -0.3 is 15.2 Å². The van der Waals surface area contributed by atoms with Gasteiger partial charge in [0.25, 0.3) is 0 Å². The van der Waals surface area contributed by atoms with Gasteiger partial charge in [0.05, 0.1) is 31.9 Å². The fourth-order valence-corrected chi connectivity index (χ4v) is 15.3. The van der Waals surface area contributed by atoms with Gasteiger partial charge in [0.2, 0.25) is 0 Å². The average Bonchev–Trinajstić information content (AvgIpc) is 4.10. The van der Waals surface area contributed by atoms with E-state index in [0.29, 0.717) is 94.4 Å². The third-order valence-corrected chi connectivity index (χ3v) is 19.7. The zero-order valence-corrected chi connectivity index (χ0v) is 39.8. The van der Waals surface area contributed by atoms with Crippen LogP contribution in [-0.2, 0) is 41.5 Å². The number of ether oxygens (including phenoxy) is 2. The number of nitrogens with two attached hydrogens (primary N) is 1. The highest BCUT2D eigenvalue weighted by Crippen LogP contribution is 2.55. The van der Waals surface area contributed by atoms with Crippen LogP contribution in [0.15, 0.2) is 21.9 Å². The fourth-order valence-electron chi connectivity index (χ4n) is 11.3. The molecule has 6 aliphatic carbocycles. The van der Waals surface area contributed by atoms with E-state index in [-0.39, 0.29) is 34.9 Å². The minimum atomic E-state index is -1.26. The maximum absolute atomic E-state index is 13.6. The van der Waals surface area contributed by atoms with Crippen molar-refractivity contribution in [2.24, 2.45) is 40.2 Å². The summed E-state index contributed by atoms with van der Waals surface area (Å²) in [6.07, 6.45) is 12.9. The fraction of sp³-hybridized carbons (Fsp3) is 0.617. The molecule has 0 aromatic heterocycles. The van der Waals surface area contributed by atoms with Crippen molar-refractivity contribution in [2.45, 2.75) is 156 Å². The molecule has 0 aliphatic heterocycles. The summed E-state index contributed by atoms with van der Waals surface area (Å²) in [7, 11) is 0. The normalized spacial score (nSPS) is 29.0. The highest BCUT2D eigenvalue weighted by molar-refractivity contribution is 8.00. The Hall–Kier alpha value is -2.12. The summed E-state index contributed by atoms with van der Waals surface area (Å²) in [5, 5.41) is 1.35. The Morgan fingerprint density at radius 3 is 1.52 bits per heavy atom. The van der Waals surface area contributed by atoms with Gasteiger partial charge in [-0.1, -0.05) is 85.9 Å². The molecule has 6 aliphatic rings. The number of halogens is 4. The largest absolute Gasteiger partial charge is 0.393 e. The number of carbonyl (C=O) groups is 6. The molecule has 9 nitrogen and oxygen atoms in total. The maximum atomic E-state index is 13.6. The molecule has 2 N–H and O–H groups in total. The summed E-state index contributed by atoms with van der Waals surface area (Å²) in [6.45, 7) is 4.12. The van der Waals surface area contributed by atoms with Gasteiger partial charge in [-0.2, -0.15) is 0 Å². The highest BCUT2D eigenvalue weighted by atomic mass is 35.5. The van der Waals surface area contributed by atoms with Crippen molar-refractivity contribution in [3.63, 3.8) is 0 Å². The van der Waals surface area contributed by atoms with Crippen molar-refractivity contribution >= 4 is 105 Å². The Bertz CT molecular complexity index is 2210. The smallest absolute Gasteiger partial charge is 0.330 e. The monoisotopic (exact) mass is 963 g/mol. The first-order valence-corrected chi connectivity index (χ1v) is 25.5. The van der Waals surface area contributed by atoms with Gasteiger partial charge >= 0.3 is 23.9 Å². The molecule has 8 rings (SSSR count). The topological polar surface area (TPSA) is 147 Å². The molecular weight excluding hydrogens is 912 g/mol. The summed E-state index contributed by atoms with van der Waals surface area (Å²) in [5.41, 5.74) is 8.03. The molecule has 0 heterocycles. The number of Topliss-reactive ketones (excluding diaryl/α,β-unsaturated/α-hetero) is 2. The van der Waals surface area contributed by atoms with E-state index in [1.165, 1.54) is 23.5 Å². The maximum Gasteiger partial charge on any atom is 0.330 e. The van der Waals surface area contributed by atoms with Crippen LogP contribution in [0, 0.1) is 34.5 Å². The van der Waals surface area contributed by atoms with Gasteiger partial charge in [0, 0.05) is 48.7 Å². The molecule has 0 amide bonds. The third-order valence-electron chi connectivity index (χ3n) is 15.0. The summed E-state index contributed by atoms with van der Waals surface area (Å²) in [4.78, 5) is 80.3. The zero-order valence-electron chi connectivity index (χ0n) is 35.1. The van der Waals surface area contributed by atoms with Gasteiger partial charge in [-0.15, -0.1) is 23.5 Å². The van der Waals surface area contributed by atoms with Crippen LogP contribution in [0.2, 0.25) is 20.1 Å². The molecule has 7 atom stereocenters. The molecule has 334 valence electrons. The summed E-state index contributed by atoms with van der Waals surface area (Å²) in [5.74, 6) is -3.22. The van der Waals surface area contributed by atoms with Crippen LogP contribution in [0.5, 0.6) is 0 Å². The quantitative estimate of drug-likeness (QED) is 0.160. The van der Waals surface area contributed by atoms with Crippen molar-refractivity contribution in [3.05, 3.63) is 54.5 Å². The lowest BCUT2D eigenvalue weighted by molar-refractivity contribution is -0.163. The molecular formula is C47H53Cl4NO8S2. The van der Waals surface area contributed by atoms with Crippen LogP contribution in [0.4, 0.5) is 0 Å². The van der Waals surface area contributed by atoms with Crippen LogP contribution >= 0.6 is 69.9 Å². The first-order chi connectivity index (χ1) is 29.5. The van der Waals surface area contributed by atoms with Crippen LogP contribution in [-0.4, -0.2) is 52.0 Å². The van der Waals surface area contributed by atoms with Crippen LogP contribution < -0.4 is 5.73 Å². The SMILES string of the molecule is C[C@@]1(C2CCCC2)Cc2cc(S[C@H]3CC[C@H](C(=O)OC(=O)CC[C@H](N)C(=O)OC(=O)[C@H]4CC[C@H](Sc5cc6c(c(Cl)c5Cl)C(=O)[C@](C)(C5CCCC5)C6)C4)C3)c(Cl)c(Cl)c2C1=O. The summed E-state index contributed by atoms with van der Waals surface area (Å²) < 4.78 is 10.3. The van der Waals surface area contributed by atoms with Gasteiger partial charge in [-0.25, -0.2) is 4.79 Å². The molecule has 2 aromatic rings. The van der Waals surface area contributed by atoms with E-state index in [1.54, 1.807) is 0 Å². The van der Waals surface area contributed by atoms with E-state index in [4.69, 9.17) is 61.6 Å². The lowest BCUT2D eigenvalue weighted by atomic mass is 9.73. The number of benzene rings is 2. The molecule has 0 radical (unpaired) electrons. The number of ketones is 2. The van der Waals surface area contributed by atoms with Crippen molar-refractivity contribution in [1.29, 1.82) is 0 Å². The van der Waals surface area contributed by atoms with Crippen LogP contribution in [0.3, 0.4) is 0 Å². The Labute approximate surface area is 391 Å². The number of fused-ring (bicyclic) bond motifs is 2. The lowest BCUT2D eigenvalue weighted by Crippen LogP contribution is -2.35. The number of esters is 4. The predicted octanol–water partition coefficient (Wildman–Crippen LogP) is 11.6. The number of hydrogen-bond donors (Lipinski definition) is 1. The first-order valence-electron chi connectivity index (χ1n) is 22.2. The molecule has 2 aromatic carbocycles. The second-order valence-electron chi connectivity index (χ2n) is 19.1. The van der Waals surface area contributed by atoms with Crippen molar-refractivity contribution < 1.29 is 38.2 Å². The number of hydrogen-bond acceptors (Lipinski definition) is 11. The Morgan fingerprint density at radius 1 is 0.661 bits per heavy atom. The summed E-state index contributed by atoms with van der Waals surface area (Å²) in [6, 6.07) is 2.72. The van der Waals surface area contributed by atoms with E-state index >= 15 is 0 Å². The van der Waals surface area contributed by atoms with E-state index in [1.807, 2.05) is 12.1 Å². The van der Waals surface area contributed by atoms with Crippen molar-refractivity contribution in [1.82, 2.24) is 0 Å². The Kier molecular flexibility index (Phi) is 14.0. The summed E-state index contributed by atoms with van der Waals surface area (Å²) >= 11 is 30.0. The molecule has 0 spiro atoms. The second kappa shape index (κ2) is 18.6. The van der Waals surface area contributed by atoms with Crippen molar-refractivity contribution in [2.75, 3.05) is 0 Å². The standard InChI is InChI=1S/C47H53Cl4NO8S2/c1-46(27-7-3-4-8-27)21-25-19-32(37(48)39(50)35(25)41(46)54)61-29-13-11-23(17-29)43(56)59-34(53)16-15-31(52)45(58)60-44(57)24-12-14-30(18-24)62-33-20-26-22-47(2,28-9-5-6-10-28)42(55)36(26)40(51)38(33)49/h19-20,23-24,27-31H,3-18,21-22,52H2,1-2H3/t23-,24-,29-,30-,31-,46-,47-/m0/s1.